The van der Waals surface area contributed by atoms with Crippen molar-refractivity contribution in [3.8, 4) is 0 Å². The fourth-order valence-electron chi connectivity index (χ4n) is 10.7. The molecule has 0 radical (unpaired) electrons. The first-order valence-electron chi connectivity index (χ1n) is 25.0. The van der Waals surface area contributed by atoms with Crippen molar-refractivity contribution in [3.63, 3.8) is 0 Å². The summed E-state index contributed by atoms with van der Waals surface area (Å²) in [5.41, 5.74) is 1.27. The number of amides is 1. The van der Waals surface area contributed by atoms with Gasteiger partial charge in [0, 0.05) is 58.5 Å². The molecule has 3 aliphatic heterocycles. The molecule has 17 heteroatoms. The second kappa shape index (κ2) is 25.7. The number of ketones is 3. The van der Waals surface area contributed by atoms with Gasteiger partial charge < -0.3 is 38.8 Å². The Kier molecular flexibility index (Phi) is 20.8. The summed E-state index contributed by atoms with van der Waals surface area (Å²) in [6.07, 6.45) is 13.7. The summed E-state index contributed by atoms with van der Waals surface area (Å²) in [6, 6.07) is -1.24. The van der Waals surface area contributed by atoms with Crippen molar-refractivity contribution >= 4 is 29.2 Å². The molecule has 2 N–H and O–H groups in total. The number of fused-ring (bicyclic) bond motifs is 3. The van der Waals surface area contributed by atoms with E-state index in [0.717, 1.165) is 18.4 Å². The third kappa shape index (κ3) is 14.2. The molecule has 0 aromatic carbocycles. The first-order valence-corrected chi connectivity index (χ1v) is 25.0. The van der Waals surface area contributed by atoms with Gasteiger partial charge in [-0.25, -0.2) is 4.79 Å². The van der Waals surface area contributed by atoms with Crippen LogP contribution in [-0.2, 0) is 47.7 Å². The standard InChI is InChI=1S/C52H79N5O12/c1-31-16-12-11-13-17-32(2)43(65-8)28-39-21-19-37(7)52(64,69-39)49(61)50(62)56-23-15-14-18-41(56)51(63)68-44(34(4)26-38-20-22-40(45(27-38)66-9)57-54-30-53-55-57)29-42(58)33(3)25-36(6)47(60)48(67-10)46(59)35(5)24-31/h11-13,16-17,25,30-31,33-35,37-41,43-45,47-48,60,64H,14-15,18-24,26-29H2,1-10H3/b13-11+,16-12+,32-17+,36-25+/t31-,33-,34-,35?,37-,38?,39+,40+,41?,43+,44+,45?,47-,48?,52-/m1/s1. The van der Waals surface area contributed by atoms with Gasteiger partial charge in [0.05, 0.1) is 24.4 Å². The molecule has 17 nitrogen and oxygen atoms in total. The Bertz CT molecular complexity index is 2020. The molecule has 1 saturated carbocycles. The molecule has 2 saturated heterocycles. The number of aliphatic hydroxyl groups excluding tert-OH is 1. The molecular formula is C52H79N5O12. The van der Waals surface area contributed by atoms with Gasteiger partial charge in [-0.3, -0.25) is 19.2 Å². The number of carbonyl (C=O) groups is 5. The number of ether oxygens (including phenoxy) is 5. The van der Waals surface area contributed by atoms with Gasteiger partial charge in [-0.15, -0.1) is 10.2 Å². The number of hydrogen-bond donors (Lipinski definition) is 2. The number of hydrogen-bond acceptors (Lipinski definition) is 15. The van der Waals surface area contributed by atoms with E-state index in [1.54, 1.807) is 45.9 Å². The molecule has 5 rings (SSSR count). The van der Waals surface area contributed by atoms with E-state index >= 15 is 0 Å². The maximum Gasteiger partial charge on any atom is 0.329 e. The number of Topliss-reactive ketones (excluding diaryl/α,β-unsaturated/α-hetero) is 3. The highest BCUT2D eigenvalue weighted by atomic mass is 16.6. The smallest absolute Gasteiger partial charge is 0.329 e. The number of tetrazole rings is 1. The van der Waals surface area contributed by atoms with Crippen LogP contribution in [-0.4, -0.2) is 141 Å². The van der Waals surface area contributed by atoms with E-state index in [4.69, 9.17) is 23.7 Å². The second-order valence-corrected chi connectivity index (χ2v) is 20.3. The Morgan fingerprint density at radius 2 is 1.64 bits per heavy atom. The topological polar surface area (TPSA) is 219 Å². The van der Waals surface area contributed by atoms with Crippen LogP contribution in [0.4, 0.5) is 0 Å². The summed E-state index contributed by atoms with van der Waals surface area (Å²) < 4.78 is 29.9. The van der Waals surface area contributed by atoms with Crippen LogP contribution in [0.1, 0.15) is 132 Å². The normalized spacial score (nSPS) is 38.8. The van der Waals surface area contributed by atoms with Crippen LogP contribution in [0.25, 0.3) is 0 Å². The van der Waals surface area contributed by atoms with Crippen LogP contribution in [0, 0.1) is 35.5 Å². The maximum absolute atomic E-state index is 14.5. The van der Waals surface area contributed by atoms with E-state index in [9.17, 15) is 34.2 Å². The lowest BCUT2D eigenvalue weighted by Crippen LogP contribution is -2.61. The highest BCUT2D eigenvalue weighted by Gasteiger charge is 2.53. The number of aromatic nitrogens is 4. The zero-order valence-electron chi connectivity index (χ0n) is 42.5. The third-order valence-corrected chi connectivity index (χ3v) is 15.1. The van der Waals surface area contributed by atoms with Crippen molar-refractivity contribution in [2.75, 3.05) is 27.9 Å². The van der Waals surface area contributed by atoms with Crippen molar-refractivity contribution in [1.82, 2.24) is 25.1 Å². The maximum atomic E-state index is 14.5. The Morgan fingerprint density at radius 1 is 0.884 bits per heavy atom. The number of piperidine rings is 1. The summed E-state index contributed by atoms with van der Waals surface area (Å²) >= 11 is 0. The Hall–Kier alpha value is -4.26. The van der Waals surface area contributed by atoms with Crippen LogP contribution < -0.4 is 0 Å². The zero-order valence-corrected chi connectivity index (χ0v) is 42.5. The summed E-state index contributed by atoms with van der Waals surface area (Å²) in [5, 5.41) is 35.7. The highest BCUT2D eigenvalue weighted by Crippen LogP contribution is 2.39. The highest BCUT2D eigenvalue weighted by molar-refractivity contribution is 6.39. The Morgan fingerprint density at radius 3 is 2.32 bits per heavy atom. The lowest BCUT2D eigenvalue weighted by molar-refractivity contribution is -0.265. The van der Waals surface area contributed by atoms with E-state index in [1.807, 2.05) is 58.1 Å². The molecule has 1 amide bonds. The first kappa shape index (κ1) is 55.7. The number of rotatable bonds is 7. The monoisotopic (exact) mass is 966 g/mol. The Balaban J connectivity index is 1.46. The molecule has 69 heavy (non-hydrogen) atoms. The van der Waals surface area contributed by atoms with Crippen LogP contribution in [0.3, 0.4) is 0 Å². The van der Waals surface area contributed by atoms with Crippen molar-refractivity contribution in [2.24, 2.45) is 35.5 Å². The predicted octanol–water partition coefficient (Wildman–Crippen LogP) is 6.05. The lowest BCUT2D eigenvalue weighted by atomic mass is 9.77. The van der Waals surface area contributed by atoms with Gasteiger partial charge in [0.2, 0.25) is 5.79 Å². The molecule has 1 aliphatic carbocycles. The molecule has 15 atom stereocenters. The van der Waals surface area contributed by atoms with Crippen LogP contribution in [0.2, 0.25) is 0 Å². The molecule has 1 aromatic heterocycles. The number of carbonyl (C=O) groups excluding carboxylic acids is 5. The Labute approximate surface area is 408 Å². The molecule has 5 unspecified atom stereocenters. The number of allylic oxidation sites excluding steroid dienone is 6. The number of aliphatic hydroxyl groups is 2. The van der Waals surface area contributed by atoms with Crippen molar-refractivity contribution in [3.05, 3.63) is 53.9 Å². The van der Waals surface area contributed by atoms with E-state index < -0.39 is 77.8 Å². The summed E-state index contributed by atoms with van der Waals surface area (Å²) in [6.45, 7) is 12.8. The van der Waals surface area contributed by atoms with Gasteiger partial charge >= 0.3 is 5.97 Å². The first-order chi connectivity index (χ1) is 32.8. The average Bonchev–Trinajstić information content (AvgIpc) is 3.88. The van der Waals surface area contributed by atoms with Crippen LogP contribution >= 0.6 is 0 Å². The van der Waals surface area contributed by atoms with E-state index in [-0.39, 0.29) is 60.9 Å². The predicted molar refractivity (Wildman–Crippen MR) is 256 cm³/mol. The SMILES string of the molecule is COC1C(=O)C(C)C[C@H](C)/C=C/C=C/C=C(\C)[C@@H](OC)C[C@@H]2CC[C@@H](C)[C@@](O)(O2)C(=O)C(=O)N2CCCCC2C(=O)O[C@H]([C@H](C)CC2CC[C@H](n3ncnn3)C(OC)C2)CC(=O)[C@H](C)/C=C(\C)[C@H]1O. The molecule has 2 bridgehead atoms. The fourth-order valence-corrected chi connectivity index (χ4v) is 10.7. The quantitative estimate of drug-likeness (QED) is 0.181. The summed E-state index contributed by atoms with van der Waals surface area (Å²) in [7, 11) is 4.61. The molecular weight excluding hydrogens is 887 g/mol. The van der Waals surface area contributed by atoms with Gasteiger partial charge in [0.1, 0.15) is 30.1 Å². The second-order valence-electron chi connectivity index (χ2n) is 20.3. The molecule has 0 spiro atoms. The van der Waals surface area contributed by atoms with Crippen molar-refractivity contribution in [1.29, 1.82) is 0 Å². The van der Waals surface area contributed by atoms with Gasteiger partial charge in [-0.2, -0.15) is 4.80 Å². The fraction of sp³-hybridized carbons (Fsp3) is 0.731. The van der Waals surface area contributed by atoms with Gasteiger partial charge in [0.15, 0.2) is 12.1 Å². The molecule has 3 fully saturated rings. The van der Waals surface area contributed by atoms with E-state index in [2.05, 4.69) is 15.4 Å². The summed E-state index contributed by atoms with van der Waals surface area (Å²) in [5.74, 6) is -7.94. The minimum Gasteiger partial charge on any atom is -0.460 e. The van der Waals surface area contributed by atoms with Crippen molar-refractivity contribution in [2.45, 2.75) is 180 Å². The van der Waals surface area contributed by atoms with Crippen LogP contribution in [0.15, 0.2) is 53.9 Å². The number of methoxy groups -OCH3 is 3. The molecule has 1 aromatic rings. The van der Waals surface area contributed by atoms with Gasteiger partial charge in [0.25, 0.3) is 11.7 Å². The zero-order chi connectivity index (χ0) is 50.6. The third-order valence-electron chi connectivity index (χ3n) is 15.1. The van der Waals surface area contributed by atoms with Gasteiger partial charge in [-0.05, 0) is 112 Å². The van der Waals surface area contributed by atoms with Crippen LogP contribution in [0.5, 0.6) is 0 Å². The number of nitrogens with zero attached hydrogens (tertiary/aromatic N) is 5. The average molecular weight is 966 g/mol. The minimum atomic E-state index is -2.43. The number of cyclic esters (lactones) is 1. The minimum absolute atomic E-state index is 0.0168. The molecule has 4 aliphatic rings. The molecule has 384 valence electrons. The molecule has 4 heterocycles. The van der Waals surface area contributed by atoms with Crippen molar-refractivity contribution < 1.29 is 57.9 Å². The van der Waals surface area contributed by atoms with Gasteiger partial charge in [-0.1, -0.05) is 71.1 Å². The lowest BCUT2D eigenvalue weighted by Gasteiger charge is -2.42. The van der Waals surface area contributed by atoms with E-state index in [1.165, 1.54) is 18.3 Å². The van der Waals surface area contributed by atoms with E-state index in [0.29, 0.717) is 56.9 Å². The summed E-state index contributed by atoms with van der Waals surface area (Å²) in [4.78, 5) is 73.9. The number of esters is 1. The largest absolute Gasteiger partial charge is 0.460 e.